The molecule has 0 spiro atoms. The molecule has 5 heterocycles. The van der Waals surface area contributed by atoms with E-state index in [4.69, 9.17) is 15.2 Å². The predicted octanol–water partition coefficient (Wildman–Crippen LogP) is 7.65. The van der Waals surface area contributed by atoms with Gasteiger partial charge in [0.15, 0.2) is 5.82 Å². The molecule has 0 saturated heterocycles. The molecule has 18 heteroatoms. The van der Waals surface area contributed by atoms with Gasteiger partial charge in [0.05, 0.1) is 3.57 Å². The molecule has 3 amide bonds. The van der Waals surface area contributed by atoms with Crippen molar-refractivity contribution < 1.29 is 41.4 Å². The maximum Gasteiger partial charge on any atom is 0.413 e. The molecule has 51 heavy (non-hydrogen) atoms. The summed E-state index contributed by atoms with van der Waals surface area (Å²) in [7, 11) is 0. The predicted molar refractivity (Wildman–Crippen MR) is 191 cm³/mol. The van der Waals surface area contributed by atoms with Gasteiger partial charge in [-0.3, -0.25) is 15.4 Å². The van der Waals surface area contributed by atoms with Gasteiger partial charge in [-0.2, -0.15) is 0 Å². The van der Waals surface area contributed by atoms with Crippen LogP contribution >= 0.6 is 22.6 Å². The number of rotatable bonds is 2. The van der Waals surface area contributed by atoms with Crippen LogP contribution in [-0.4, -0.2) is 49.2 Å². The molecule has 0 saturated carbocycles. The third kappa shape index (κ3) is 16.9. The largest absolute Gasteiger partial charge is 0.444 e. The first kappa shape index (κ1) is 42.0. The molecule has 1 aliphatic heterocycles. The van der Waals surface area contributed by atoms with E-state index in [2.05, 4.69) is 35.9 Å². The van der Waals surface area contributed by atoms with Crippen LogP contribution in [0, 0.1) is 26.8 Å². The fourth-order valence-electron chi connectivity index (χ4n) is 3.46. The number of aromatic nitrogens is 4. The van der Waals surface area contributed by atoms with Crippen LogP contribution in [0.4, 0.5) is 50.4 Å². The van der Waals surface area contributed by atoms with Crippen LogP contribution in [0.3, 0.4) is 0 Å². The third-order valence-corrected chi connectivity index (χ3v) is 6.44. The maximum absolute atomic E-state index is 13.1. The summed E-state index contributed by atoms with van der Waals surface area (Å²) >= 11 is 1.77. The lowest BCUT2D eigenvalue weighted by Crippen LogP contribution is -2.27. The summed E-state index contributed by atoms with van der Waals surface area (Å²) in [5, 5.41) is 7.23. The lowest BCUT2D eigenvalue weighted by atomic mass is 10.1. The van der Waals surface area contributed by atoms with Crippen molar-refractivity contribution in [2.75, 3.05) is 21.7 Å². The number of hydrogen-bond acceptors (Lipinski definition) is 10. The molecule has 1 aliphatic rings. The number of hydrogen-bond donors (Lipinski definition) is 4. The van der Waals surface area contributed by atoms with Gasteiger partial charge in [-0.15, -0.1) is 0 Å². The lowest BCUT2D eigenvalue weighted by molar-refractivity contribution is -0.116. The quantitative estimate of drug-likeness (QED) is 0.116. The lowest BCUT2D eigenvalue weighted by Gasteiger charge is -2.19. The molecule has 0 aromatic carbocycles. The van der Waals surface area contributed by atoms with E-state index in [1.54, 1.807) is 64.1 Å². The second kappa shape index (κ2) is 19.3. The summed E-state index contributed by atoms with van der Waals surface area (Å²) in [5.41, 5.74) is 4.44. The fourth-order valence-corrected chi connectivity index (χ4v) is 3.91. The number of amides is 3. The summed E-state index contributed by atoms with van der Waals surface area (Å²) in [6.07, 6.45) is 4.71. The van der Waals surface area contributed by atoms with Crippen molar-refractivity contribution in [3.63, 3.8) is 0 Å². The van der Waals surface area contributed by atoms with E-state index in [1.807, 2.05) is 0 Å². The number of nitrogens with two attached hydrogens (primary N) is 1. The van der Waals surface area contributed by atoms with Crippen LogP contribution in [0.2, 0.25) is 0 Å². The highest BCUT2D eigenvalue weighted by Gasteiger charge is 2.20. The topological polar surface area (TPSA) is 183 Å². The zero-order valence-corrected chi connectivity index (χ0v) is 30.6. The van der Waals surface area contributed by atoms with Crippen LogP contribution in [0.5, 0.6) is 0 Å². The van der Waals surface area contributed by atoms with Gasteiger partial charge in [0.2, 0.25) is 5.91 Å². The molecule has 274 valence electrons. The smallest absolute Gasteiger partial charge is 0.413 e. The molecule has 13 nitrogen and oxygen atoms in total. The Hall–Kier alpha value is -5.14. The molecule has 0 radical (unpaired) electrons. The maximum atomic E-state index is 13.1. The molecule has 0 atom stereocenters. The van der Waals surface area contributed by atoms with Crippen molar-refractivity contribution in [2.24, 2.45) is 0 Å². The van der Waals surface area contributed by atoms with Crippen LogP contribution in [0.15, 0.2) is 61.2 Å². The number of carbonyl (C=O) groups excluding carboxylic acids is 3. The first-order valence-electron chi connectivity index (χ1n) is 14.9. The number of halogens is 5. The van der Waals surface area contributed by atoms with Crippen molar-refractivity contribution >= 4 is 64.0 Å². The van der Waals surface area contributed by atoms with Crippen molar-refractivity contribution in [3.8, 4) is 0 Å². The van der Waals surface area contributed by atoms with Crippen LogP contribution in [0.1, 0.15) is 53.5 Å². The molecular formula is C33H37F4IN8O5. The number of nitrogens with one attached hydrogen (secondary N) is 3. The van der Waals surface area contributed by atoms with Gasteiger partial charge in [-0.1, -0.05) is 0 Å². The molecule has 4 aromatic rings. The Morgan fingerprint density at radius 2 is 1.29 bits per heavy atom. The van der Waals surface area contributed by atoms with E-state index in [-0.39, 0.29) is 38.6 Å². The SMILES string of the molecule is CC(C)(C)OC(=O)Nc1cc(F)ccn1.CC(C)(C)OC(=O)Nc1nccc(F)c1I.Nc1cc(F)ccn1.O=C1CCc2c(F)ccnc2N1. The first-order valence-corrected chi connectivity index (χ1v) is 16.0. The van der Waals surface area contributed by atoms with Gasteiger partial charge in [0, 0.05) is 48.9 Å². The number of anilines is 4. The molecule has 5 rings (SSSR count). The molecule has 0 bridgehead atoms. The van der Waals surface area contributed by atoms with Gasteiger partial charge >= 0.3 is 12.2 Å². The highest BCUT2D eigenvalue weighted by atomic mass is 127. The number of nitrogen functional groups attached to an aromatic ring is 1. The van der Waals surface area contributed by atoms with Crippen LogP contribution < -0.4 is 21.7 Å². The summed E-state index contributed by atoms with van der Waals surface area (Å²) in [5.74, 6) is -0.758. The number of pyridine rings is 4. The van der Waals surface area contributed by atoms with Crippen molar-refractivity contribution in [3.05, 3.63) is 93.6 Å². The third-order valence-electron chi connectivity index (χ3n) is 5.41. The van der Waals surface area contributed by atoms with Gasteiger partial charge < -0.3 is 20.5 Å². The first-order chi connectivity index (χ1) is 23.7. The van der Waals surface area contributed by atoms with Gasteiger partial charge in [-0.25, -0.2) is 47.1 Å². The van der Waals surface area contributed by atoms with Gasteiger partial charge in [0.25, 0.3) is 0 Å². The average Bonchev–Trinajstić information content (AvgIpc) is 2.98. The van der Waals surface area contributed by atoms with Gasteiger partial charge in [-0.05, 0) is 94.8 Å². The second-order valence-electron chi connectivity index (χ2n) is 12.1. The zero-order valence-electron chi connectivity index (χ0n) is 28.5. The average molecular weight is 829 g/mol. The van der Waals surface area contributed by atoms with Crippen molar-refractivity contribution in [1.82, 2.24) is 19.9 Å². The summed E-state index contributed by atoms with van der Waals surface area (Å²) in [6.45, 7) is 10.5. The van der Waals surface area contributed by atoms with E-state index in [0.29, 0.717) is 24.2 Å². The minimum absolute atomic E-state index is 0.0967. The molecule has 0 fully saturated rings. The van der Waals surface area contributed by atoms with E-state index in [0.717, 1.165) is 6.07 Å². The number of carbonyl (C=O) groups is 3. The van der Waals surface area contributed by atoms with E-state index in [1.165, 1.54) is 55.1 Å². The Balaban J connectivity index is 0.000000241. The van der Waals surface area contributed by atoms with Crippen molar-refractivity contribution in [2.45, 2.75) is 65.6 Å². The standard InChI is InChI=1S/C10H12FIN2O2.C10H13FN2O2.C8H7FN2O.C5H5FN2/c1-10(2,3)16-9(15)14-8-7(12)6(11)4-5-13-8;1-10(2,3)15-9(14)13-8-6-7(11)4-5-12-8;9-6-3-4-10-8-5(6)1-2-7(12)11-8;6-4-1-2-8-5(7)3-4/h4-5H,1-3H3,(H,13,14,15);4-6H,1-3H3,(H,12,13,14);3-4H,1-2H2,(H,10,11,12);1-3H,(H2,7,8). The number of ether oxygens (including phenoxy) is 2. The summed E-state index contributed by atoms with van der Waals surface area (Å²) < 4.78 is 61.2. The zero-order chi connectivity index (χ0) is 38.4. The fraction of sp³-hybridized carbons (Fsp3) is 0.303. The van der Waals surface area contributed by atoms with Crippen molar-refractivity contribution in [1.29, 1.82) is 0 Å². The van der Waals surface area contributed by atoms with E-state index in [9.17, 15) is 31.9 Å². The minimum atomic E-state index is -0.652. The minimum Gasteiger partial charge on any atom is -0.444 e. The Morgan fingerprint density at radius 3 is 1.84 bits per heavy atom. The molecule has 0 unspecified atom stereocenters. The second-order valence-corrected chi connectivity index (χ2v) is 13.2. The van der Waals surface area contributed by atoms with E-state index < -0.39 is 35.0 Å². The van der Waals surface area contributed by atoms with Crippen LogP contribution in [0.25, 0.3) is 0 Å². The Labute approximate surface area is 305 Å². The van der Waals surface area contributed by atoms with Crippen LogP contribution in [-0.2, 0) is 20.7 Å². The Kier molecular flexibility index (Phi) is 15.9. The van der Waals surface area contributed by atoms with E-state index >= 15 is 0 Å². The Bertz CT molecular complexity index is 1790. The molecule has 0 aliphatic carbocycles. The Morgan fingerprint density at radius 1 is 0.765 bits per heavy atom. The number of nitrogens with zero attached hydrogens (tertiary/aromatic N) is 4. The summed E-state index contributed by atoms with van der Waals surface area (Å²) in [4.78, 5) is 48.5. The number of fused-ring (bicyclic) bond motifs is 1. The van der Waals surface area contributed by atoms with Gasteiger partial charge in [0.1, 0.15) is 51.9 Å². The highest BCUT2D eigenvalue weighted by molar-refractivity contribution is 14.1. The normalized spacial score (nSPS) is 11.7. The highest BCUT2D eigenvalue weighted by Crippen LogP contribution is 2.22. The molecule has 4 aromatic heterocycles. The molecule has 5 N–H and O–H groups in total. The monoisotopic (exact) mass is 828 g/mol. The summed E-state index contributed by atoms with van der Waals surface area (Å²) in [6, 6.07) is 7.25. The molecular weight excluding hydrogens is 791 g/mol.